The Balaban J connectivity index is 1.54. The van der Waals surface area contributed by atoms with Crippen molar-refractivity contribution in [1.29, 1.82) is 0 Å². The Morgan fingerprint density at radius 3 is 2.60 bits per heavy atom. The maximum absolute atomic E-state index is 10.3. The zero-order valence-electron chi connectivity index (χ0n) is 13.8. The third-order valence-corrected chi connectivity index (χ3v) is 4.32. The molecule has 5 nitrogen and oxygen atoms in total. The van der Waals surface area contributed by atoms with Gasteiger partial charge >= 0.3 is 0 Å². The van der Waals surface area contributed by atoms with Gasteiger partial charge in [-0.15, -0.1) is 0 Å². The van der Waals surface area contributed by atoms with Crippen LogP contribution >= 0.6 is 11.6 Å². The molecule has 2 aromatic rings. The summed E-state index contributed by atoms with van der Waals surface area (Å²) < 4.78 is 11.2. The summed E-state index contributed by atoms with van der Waals surface area (Å²) in [6, 6.07) is 15.0. The molecule has 1 aliphatic heterocycles. The number of likely N-dealkylation sites (tertiary alicyclic amines) is 1. The molecule has 0 bridgehead atoms. The van der Waals surface area contributed by atoms with E-state index in [9.17, 15) is 5.11 Å². The number of aliphatic hydroxyl groups is 2. The van der Waals surface area contributed by atoms with E-state index < -0.39 is 6.10 Å². The summed E-state index contributed by atoms with van der Waals surface area (Å²) in [6.07, 6.45) is -0.809. The Bertz CT molecular complexity index is 679. The van der Waals surface area contributed by atoms with Gasteiger partial charge in [-0.2, -0.15) is 0 Å². The van der Waals surface area contributed by atoms with Crippen molar-refractivity contribution in [2.75, 3.05) is 26.3 Å². The lowest BCUT2D eigenvalue weighted by atomic mass is 10.2. The molecule has 0 amide bonds. The lowest BCUT2D eigenvalue weighted by Crippen LogP contribution is -2.29. The van der Waals surface area contributed by atoms with Crippen LogP contribution in [0.5, 0.6) is 11.5 Å². The van der Waals surface area contributed by atoms with Crippen LogP contribution in [-0.4, -0.2) is 53.6 Å². The molecule has 0 aromatic heterocycles. The van der Waals surface area contributed by atoms with Crippen molar-refractivity contribution >= 4 is 11.6 Å². The number of hydrogen-bond acceptors (Lipinski definition) is 5. The van der Waals surface area contributed by atoms with Gasteiger partial charge in [0.05, 0.1) is 6.61 Å². The molecule has 6 heteroatoms. The molecule has 3 rings (SSSR count). The molecular weight excluding hydrogens is 342 g/mol. The van der Waals surface area contributed by atoms with Gasteiger partial charge in [-0.1, -0.05) is 29.8 Å². The maximum Gasteiger partial charge on any atom is 0.138 e. The largest absolute Gasteiger partial charge is 0.491 e. The average molecular weight is 364 g/mol. The fraction of sp³-hybridized carbons (Fsp3) is 0.368. The molecular formula is C19H22ClNO4. The second-order valence-corrected chi connectivity index (χ2v) is 6.53. The van der Waals surface area contributed by atoms with Crippen LogP contribution in [0.2, 0.25) is 5.02 Å². The van der Waals surface area contributed by atoms with E-state index in [0.29, 0.717) is 30.5 Å². The minimum absolute atomic E-state index is 0.00142. The van der Waals surface area contributed by atoms with E-state index in [1.54, 1.807) is 12.1 Å². The summed E-state index contributed by atoms with van der Waals surface area (Å²) in [4.78, 5) is 2.16. The third kappa shape index (κ3) is 5.09. The van der Waals surface area contributed by atoms with Gasteiger partial charge in [-0.25, -0.2) is 0 Å². The van der Waals surface area contributed by atoms with Crippen LogP contribution in [0, 0.1) is 0 Å². The molecule has 1 aliphatic rings. The molecule has 1 saturated heterocycles. The highest BCUT2D eigenvalue weighted by Crippen LogP contribution is 2.23. The molecule has 2 aromatic carbocycles. The predicted octanol–water partition coefficient (Wildman–Crippen LogP) is 2.34. The molecule has 1 fully saturated rings. The van der Waals surface area contributed by atoms with E-state index in [-0.39, 0.29) is 12.7 Å². The average Bonchev–Trinajstić information content (AvgIpc) is 2.93. The zero-order chi connectivity index (χ0) is 17.6. The first-order valence-corrected chi connectivity index (χ1v) is 8.67. The van der Waals surface area contributed by atoms with Crippen LogP contribution in [-0.2, 0) is 6.54 Å². The van der Waals surface area contributed by atoms with Crippen LogP contribution in [0.25, 0.3) is 0 Å². The molecule has 25 heavy (non-hydrogen) atoms. The Kier molecular flexibility index (Phi) is 6.15. The van der Waals surface area contributed by atoms with E-state index in [1.165, 1.54) is 0 Å². The van der Waals surface area contributed by atoms with Crippen LogP contribution in [0.15, 0.2) is 48.5 Å². The maximum atomic E-state index is 10.3. The Labute approximate surface area is 152 Å². The van der Waals surface area contributed by atoms with Crippen molar-refractivity contribution in [3.05, 3.63) is 59.1 Å². The number of aliphatic hydroxyl groups excluding tert-OH is 2. The Hall–Kier alpha value is -1.79. The highest BCUT2D eigenvalue weighted by molar-refractivity contribution is 6.30. The molecule has 0 aliphatic carbocycles. The molecule has 2 N–H and O–H groups in total. The van der Waals surface area contributed by atoms with Crippen molar-refractivity contribution in [1.82, 2.24) is 4.90 Å². The van der Waals surface area contributed by atoms with E-state index in [1.807, 2.05) is 36.4 Å². The topological polar surface area (TPSA) is 62.2 Å². The highest BCUT2D eigenvalue weighted by atomic mass is 35.5. The number of benzene rings is 2. The molecule has 0 saturated carbocycles. The van der Waals surface area contributed by atoms with Gasteiger partial charge in [-0.3, -0.25) is 4.90 Å². The number of hydrogen-bond donors (Lipinski definition) is 2. The first-order valence-electron chi connectivity index (χ1n) is 8.29. The Morgan fingerprint density at radius 1 is 1.08 bits per heavy atom. The fourth-order valence-corrected chi connectivity index (χ4v) is 3.09. The number of β-amino-alcohol motifs (C(OH)–C–C–N with tert-alkyl or cyclic N) is 1. The number of halogens is 1. The summed E-state index contributed by atoms with van der Waals surface area (Å²) in [7, 11) is 0. The van der Waals surface area contributed by atoms with E-state index >= 15 is 0 Å². The quantitative estimate of drug-likeness (QED) is 0.790. The normalized spacial score (nSPS) is 20.6. The second kappa shape index (κ2) is 8.54. The van der Waals surface area contributed by atoms with E-state index in [0.717, 1.165) is 17.9 Å². The third-order valence-electron chi connectivity index (χ3n) is 4.09. The summed E-state index contributed by atoms with van der Waals surface area (Å²) >= 11 is 5.97. The number of rotatable bonds is 7. The monoisotopic (exact) mass is 363 g/mol. The van der Waals surface area contributed by atoms with Crippen LogP contribution in [0.4, 0.5) is 0 Å². The molecule has 0 radical (unpaired) electrons. The first kappa shape index (κ1) is 18.0. The molecule has 2 atom stereocenters. The van der Waals surface area contributed by atoms with Gasteiger partial charge in [-0.05, 0) is 35.9 Å². The summed E-state index contributed by atoms with van der Waals surface area (Å²) in [5, 5.41) is 19.6. The lowest BCUT2D eigenvalue weighted by Gasteiger charge is -2.17. The van der Waals surface area contributed by atoms with Gasteiger partial charge in [0.25, 0.3) is 0 Å². The minimum atomic E-state index is -0.536. The zero-order valence-corrected chi connectivity index (χ0v) is 14.6. The van der Waals surface area contributed by atoms with Gasteiger partial charge in [0.1, 0.15) is 30.3 Å². The smallest absolute Gasteiger partial charge is 0.138 e. The highest BCUT2D eigenvalue weighted by Gasteiger charge is 2.32. The Morgan fingerprint density at radius 2 is 1.88 bits per heavy atom. The fourth-order valence-electron chi connectivity index (χ4n) is 2.91. The lowest BCUT2D eigenvalue weighted by molar-refractivity contribution is 0.0737. The first-order chi connectivity index (χ1) is 12.1. The molecule has 134 valence electrons. The molecule has 0 unspecified atom stereocenters. The number of ether oxygens (including phenoxy) is 2. The molecule has 0 spiro atoms. The van der Waals surface area contributed by atoms with Crippen molar-refractivity contribution in [3.63, 3.8) is 0 Å². The van der Waals surface area contributed by atoms with Crippen molar-refractivity contribution in [2.24, 2.45) is 0 Å². The summed E-state index contributed by atoms with van der Waals surface area (Å²) in [5.41, 5.74) is 1.13. The minimum Gasteiger partial charge on any atom is -0.491 e. The van der Waals surface area contributed by atoms with Gasteiger partial charge in [0.2, 0.25) is 0 Å². The van der Waals surface area contributed by atoms with Crippen LogP contribution in [0.3, 0.4) is 0 Å². The molecule has 1 heterocycles. The van der Waals surface area contributed by atoms with Crippen molar-refractivity contribution in [3.8, 4) is 11.5 Å². The number of nitrogens with zero attached hydrogens (tertiary/aromatic N) is 1. The second-order valence-electron chi connectivity index (χ2n) is 6.09. The van der Waals surface area contributed by atoms with Crippen molar-refractivity contribution < 1.29 is 19.7 Å². The van der Waals surface area contributed by atoms with Crippen molar-refractivity contribution in [2.45, 2.75) is 18.8 Å². The van der Waals surface area contributed by atoms with Crippen LogP contribution < -0.4 is 9.47 Å². The van der Waals surface area contributed by atoms with Gasteiger partial charge in [0, 0.05) is 24.7 Å². The standard InChI is InChI=1S/C19H22ClNO4/c20-15-2-1-3-17(10-15)25-19-13-21(12-18(19)23)11-14-4-6-16(7-5-14)24-9-8-22/h1-7,10,18-19,22-23H,8-9,11-13H2/t18-,19-/m0/s1. The predicted molar refractivity (Wildman–Crippen MR) is 96.2 cm³/mol. The van der Waals surface area contributed by atoms with Gasteiger partial charge < -0.3 is 19.7 Å². The van der Waals surface area contributed by atoms with E-state index in [4.69, 9.17) is 26.2 Å². The summed E-state index contributed by atoms with van der Waals surface area (Å²) in [5.74, 6) is 1.41. The SMILES string of the molecule is OCCOc1ccc(CN2C[C@H](Oc3cccc(Cl)c3)[C@@H](O)C2)cc1. The van der Waals surface area contributed by atoms with E-state index in [2.05, 4.69) is 4.90 Å². The van der Waals surface area contributed by atoms with Crippen LogP contribution in [0.1, 0.15) is 5.56 Å². The summed E-state index contributed by atoms with van der Waals surface area (Å²) in [6.45, 7) is 2.23. The van der Waals surface area contributed by atoms with Gasteiger partial charge in [0.15, 0.2) is 0 Å².